The van der Waals surface area contributed by atoms with Gasteiger partial charge in [0.25, 0.3) is 0 Å². The first kappa shape index (κ1) is 31.9. The monoisotopic (exact) mass is 570 g/mol. The van der Waals surface area contributed by atoms with Crippen LogP contribution in [-0.4, -0.2) is 30.4 Å². The number of aliphatic hydroxyl groups is 1. The van der Waals surface area contributed by atoms with E-state index in [1.54, 1.807) is 18.2 Å². The number of hydrogen-bond acceptors (Lipinski definition) is 4. The normalized spacial score (nSPS) is 16.6. The van der Waals surface area contributed by atoms with Crippen LogP contribution >= 0.6 is 0 Å². The van der Waals surface area contributed by atoms with Crippen molar-refractivity contribution < 1.29 is 26.6 Å². The van der Waals surface area contributed by atoms with Crippen molar-refractivity contribution in [2.45, 2.75) is 52.4 Å². The fraction of sp³-hybridized carbons (Fsp3) is 0.333. The average molecular weight is 571 g/mol. The molecule has 3 aromatic rings. The Balaban J connectivity index is 0.000000306. The van der Waals surface area contributed by atoms with Gasteiger partial charge in [-0.3, -0.25) is 5.41 Å². The van der Waals surface area contributed by atoms with Gasteiger partial charge >= 0.3 is 0 Å². The zero-order valence-corrected chi connectivity index (χ0v) is 24.5. The van der Waals surface area contributed by atoms with Crippen LogP contribution in [0.3, 0.4) is 0 Å². The maximum Gasteiger partial charge on any atom is 0.210 e. The summed E-state index contributed by atoms with van der Waals surface area (Å²) in [6.45, 7) is 10.3. The number of rotatable bonds is 10. The Bertz CT molecular complexity index is 1240. The van der Waals surface area contributed by atoms with Crippen LogP contribution < -0.4 is 9.64 Å². The molecule has 0 bridgehead atoms. The Labute approximate surface area is 244 Å². The van der Waals surface area contributed by atoms with Gasteiger partial charge in [-0.15, -0.1) is 0 Å². The van der Waals surface area contributed by atoms with Crippen LogP contribution in [-0.2, 0) is 28.6 Å². The summed E-state index contributed by atoms with van der Waals surface area (Å²) >= 11 is 0. The van der Waals surface area contributed by atoms with E-state index in [0.29, 0.717) is 23.8 Å². The first-order chi connectivity index (χ1) is 18.3. The molecule has 4 rings (SSSR count). The van der Waals surface area contributed by atoms with E-state index >= 15 is 0 Å². The van der Waals surface area contributed by atoms with E-state index in [-0.39, 0.29) is 22.2 Å². The standard InChI is InChI=1S/C22H26N2.C11H15NO2.Co/c1-3-4-16-24-20-13-9-8-12-19(20)22(2,21(24)14-15-23)17-18-10-6-5-7-11-18;1-8(2)7-14-10-5-3-4-9(6-10)11(12)13;/h5-15,23H,3-4,16-17H2,1-2H3;3-6,8H,7H2,1-2H3,(H2,12,13);/b21-14-,23-15?;;. The third kappa shape index (κ3) is 8.31. The second-order valence-electron chi connectivity index (χ2n) is 10.3. The van der Waals surface area contributed by atoms with Crippen molar-refractivity contribution in [3.63, 3.8) is 0 Å². The van der Waals surface area contributed by atoms with Crippen LogP contribution in [0.5, 0.6) is 5.75 Å². The minimum Gasteiger partial charge on any atom is -0.493 e. The molecule has 1 aliphatic rings. The molecule has 1 aliphatic heterocycles. The Morgan fingerprint density at radius 2 is 1.72 bits per heavy atom. The molecule has 209 valence electrons. The molecule has 0 amide bonds. The van der Waals surface area contributed by atoms with Gasteiger partial charge in [0.05, 0.1) is 6.61 Å². The van der Waals surface area contributed by atoms with E-state index in [2.05, 4.69) is 87.2 Å². The van der Waals surface area contributed by atoms with Crippen molar-refractivity contribution in [2.75, 3.05) is 18.1 Å². The molecule has 6 heteroatoms. The second-order valence-corrected chi connectivity index (χ2v) is 10.3. The maximum absolute atomic E-state index is 8.95. The summed E-state index contributed by atoms with van der Waals surface area (Å²) in [6, 6.07) is 26.3. The van der Waals surface area contributed by atoms with Gasteiger partial charge < -0.3 is 20.2 Å². The van der Waals surface area contributed by atoms with E-state index in [4.69, 9.17) is 20.7 Å². The number of fused-ring (bicyclic) bond motifs is 1. The zero-order valence-electron chi connectivity index (χ0n) is 23.4. The van der Waals surface area contributed by atoms with Gasteiger partial charge in [0.15, 0.2) is 0 Å². The molecule has 1 atom stereocenters. The number of nitrogens with zero attached hydrogens (tertiary/aromatic N) is 1. The SMILES string of the molecule is CC(C)COc1cccc(C(=N)O)c1.CCCCN1/C(=C\C=N)C(C)(Cc2ccccc2)c2ccccc21.[Co]. The third-order valence-corrected chi connectivity index (χ3v) is 6.71. The quantitative estimate of drug-likeness (QED) is 0.171. The van der Waals surface area contributed by atoms with Crippen LogP contribution in [0.4, 0.5) is 5.69 Å². The molecule has 1 heterocycles. The molecule has 0 spiro atoms. The number of anilines is 1. The number of allylic oxidation sites excluding steroid dienone is 2. The zero-order chi connectivity index (χ0) is 27.5. The van der Waals surface area contributed by atoms with E-state index in [1.165, 1.54) is 35.1 Å². The number of aliphatic hydroxyl groups excluding tert-OH is 1. The van der Waals surface area contributed by atoms with Crippen LogP contribution in [0.2, 0.25) is 0 Å². The number of unbranched alkanes of at least 4 members (excludes halogenated alkanes) is 1. The number of hydrogen-bond donors (Lipinski definition) is 3. The molecule has 39 heavy (non-hydrogen) atoms. The number of benzene rings is 3. The minimum atomic E-state index is -0.431. The van der Waals surface area contributed by atoms with Gasteiger partial charge in [0.1, 0.15) is 5.75 Å². The number of para-hydroxylation sites is 1. The van der Waals surface area contributed by atoms with Gasteiger partial charge in [-0.1, -0.05) is 81.8 Å². The van der Waals surface area contributed by atoms with Crippen molar-refractivity contribution in [1.82, 2.24) is 0 Å². The summed E-state index contributed by atoms with van der Waals surface area (Å²) < 4.78 is 5.45. The predicted molar refractivity (Wildman–Crippen MR) is 159 cm³/mol. The van der Waals surface area contributed by atoms with Gasteiger partial charge in [-0.05, 0) is 67.2 Å². The Hall–Kier alpha value is -3.35. The van der Waals surface area contributed by atoms with Crippen LogP contribution in [0.1, 0.15) is 57.2 Å². The second kappa shape index (κ2) is 15.3. The van der Waals surface area contributed by atoms with Crippen LogP contribution in [0.25, 0.3) is 0 Å². The Kier molecular flexibility index (Phi) is 12.5. The number of ether oxygens (including phenoxy) is 1. The molecule has 1 unspecified atom stereocenters. The van der Waals surface area contributed by atoms with Gasteiger partial charge in [-0.2, -0.15) is 0 Å². The Morgan fingerprint density at radius 1 is 1.03 bits per heavy atom. The van der Waals surface area contributed by atoms with Crippen LogP contribution in [0.15, 0.2) is 90.6 Å². The molecule has 1 radical (unpaired) electrons. The van der Waals surface area contributed by atoms with Crippen LogP contribution in [0, 0.1) is 16.7 Å². The van der Waals surface area contributed by atoms with E-state index in [9.17, 15) is 0 Å². The summed E-state index contributed by atoms with van der Waals surface area (Å²) in [5, 5.41) is 23.7. The molecule has 0 aromatic heterocycles. The summed E-state index contributed by atoms with van der Waals surface area (Å²) in [5.74, 6) is 0.724. The molecule has 0 saturated carbocycles. The molecular formula is C33H41CoN3O2. The summed E-state index contributed by atoms with van der Waals surface area (Å²) in [6.07, 6.45) is 6.70. The van der Waals surface area contributed by atoms with E-state index < -0.39 is 5.90 Å². The van der Waals surface area contributed by atoms with Gasteiger partial charge in [0.2, 0.25) is 5.90 Å². The van der Waals surface area contributed by atoms with Crippen molar-refractivity contribution >= 4 is 17.8 Å². The van der Waals surface area contributed by atoms with Gasteiger partial charge in [0, 0.05) is 51.9 Å². The molecule has 0 saturated heterocycles. The summed E-state index contributed by atoms with van der Waals surface area (Å²) in [4.78, 5) is 2.42. The molecule has 3 N–H and O–H groups in total. The smallest absolute Gasteiger partial charge is 0.210 e. The Morgan fingerprint density at radius 3 is 2.36 bits per heavy atom. The molecular weight excluding hydrogens is 529 g/mol. The molecule has 5 nitrogen and oxygen atoms in total. The fourth-order valence-electron chi connectivity index (χ4n) is 4.84. The van der Waals surface area contributed by atoms with E-state index in [0.717, 1.165) is 19.4 Å². The van der Waals surface area contributed by atoms with Gasteiger partial charge in [-0.25, -0.2) is 0 Å². The topological polar surface area (TPSA) is 80.4 Å². The first-order valence-corrected chi connectivity index (χ1v) is 13.4. The molecule has 3 aromatic carbocycles. The van der Waals surface area contributed by atoms with Crippen molar-refractivity contribution in [1.29, 1.82) is 10.8 Å². The number of nitrogens with one attached hydrogen (secondary N) is 2. The average Bonchev–Trinajstić information content (AvgIpc) is 3.14. The van der Waals surface area contributed by atoms with Crippen molar-refractivity contribution in [3.05, 3.63) is 107 Å². The third-order valence-electron chi connectivity index (χ3n) is 6.71. The maximum atomic E-state index is 8.95. The van der Waals surface area contributed by atoms with E-state index in [1.807, 2.05) is 12.1 Å². The van der Waals surface area contributed by atoms with Crippen molar-refractivity contribution in [3.8, 4) is 5.75 Å². The predicted octanol–water partition coefficient (Wildman–Crippen LogP) is 7.94. The largest absolute Gasteiger partial charge is 0.493 e. The fourth-order valence-corrected chi connectivity index (χ4v) is 4.84. The molecule has 0 aliphatic carbocycles. The van der Waals surface area contributed by atoms with Crippen molar-refractivity contribution in [2.24, 2.45) is 5.92 Å². The minimum absolute atomic E-state index is 0. The first-order valence-electron chi connectivity index (χ1n) is 13.4. The summed E-state index contributed by atoms with van der Waals surface area (Å²) in [7, 11) is 0. The summed E-state index contributed by atoms with van der Waals surface area (Å²) in [5.41, 5.74) is 5.64. The molecule has 0 fully saturated rings.